The monoisotopic (exact) mass is 412 g/mol. The van der Waals surface area contributed by atoms with Crippen molar-refractivity contribution in [1.29, 1.82) is 0 Å². The Morgan fingerprint density at radius 1 is 1.22 bits per heavy atom. The number of nitrogens with zero attached hydrogens (tertiary/aromatic N) is 2. The van der Waals surface area contributed by atoms with E-state index in [0.29, 0.717) is 16.0 Å². The molecule has 0 spiro atoms. The first-order chi connectivity index (χ1) is 13.1. The molecular weight excluding hydrogens is 383 g/mol. The Bertz CT molecular complexity index is 642. The van der Waals surface area contributed by atoms with Gasteiger partial charge in [-0.15, -0.1) is 0 Å². The first-order valence-corrected chi connectivity index (χ1v) is 10.7. The van der Waals surface area contributed by atoms with E-state index < -0.39 is 0 Å². The molecule has 2 atom stereocenters. The molecule has 0 saturated carbocycles. The van der Waals surface area contributed by atoms with Crippen LogP contribution in [0, 0.1) is 0 Å². The molecule has 1 aromatic rings. The van der Waals surface area contributed by atoms with Crippen molar-refractivity contribution < 1.29 is 4.79 Å². The van der Waals surface area contributed by atoms with Crippen LogP contribution in [0.25, 0.3) is 0 Å². The van der Waals surface area contributed by atoms with E-state index >= 15 is 0 Å². The summed E-state index contributed by atoms with van der Waals surface area (Å²) in [6.45, 7) is 4.58. The number of likely N-dealkylation sites (N-methyl/N-ethyl adjacent to an activating group) is 1. The summed E-state index contributed by atoms with van der Waals surface area (Å²) >= 11 is 12.3. The molecule has 2 heterocycles. The number of carbonyl (C=O) groups is 1. The molecule has 2 amide bonds. The van der Waals surface area contributed by atoms with Gasteiger partial charge >= 0.3 is 6.03 Å². The van der Waals surface area contributed by atoms with Crippen LogP contribution in [-0.4, -0.2) is 61.8 Å². The van der Waals surface area contributed by atoms with Crippen molar-refractivity contribution in [2.24, 2.45) is 0 Å². The van der Waals surface area contributed by atoms with Crippen molar-refractivity contribution in [3.05, 3.63) is 33.8 Å². The van der Waals surface area contributed by atoms with E-state index in [1.54, 1.807) is 0 Å². The number of halogens is 2. The zero-order valence-corrected chi connectivity index (χ0v) is 17.5. The molecule has 3 rings (SSSR count). The molecule has 27 heavy (non-hydrogen) atoms. The van der Waals surface area contributed by atoms with Gasteiger partial charge in [0.05, 0.1) is 16.2 Å². The molecule has 2 fully saturated rings. The van der Waals surface area contributed by atoms with Gasteiger partial charge in [-0.2, -0.15) is 0 Å². The second-order valence-corrected chi connectivity index (χ2v) is 8.32. The average Bonchev–Trinajstić information content (AvgIpc) is 2.68. The van der Waals surface area contributed by atoms with Crippen molar-refractivity contribution in [2.45, 2.75) is 44.2 Å². The lowest BCUT2D eigenvalue weighted by Crippen LogP contribution is -2.58. The van der Waals surface area contributed by atoms with E-state index in [9.17, 15) is 4.79 Å². The van der Waals surface area contributed by atoms with Crippen LogP contribution < -0.4 is 10.6 Å². The molecule has 2 aliphatic heterocycles. The predicted octanol–water partition coefficient (Wildman–Crippen LogP) is 3.91. The summed E-state index contributed by atoms with van der Waals surface area (Å²) < 4.78 is 0. The van der Waals surface area contributed by atoms with E-state index in [2.05, 4.69) is 21.6 Å². The fraction of sp³-hybridized carbons (Fsp3) is 0.650. The topological polar surface area (TPSA) is 47.6 Å². The van der Waals surface area contributed by atoms with Gasteiger partial charge in [0, 0.05) is 32.7 Å². The second-order valence-electron chi connectivity index (χ2n) is 7.51. The van der Waals surface area contributed by atoms with Gasteiger partial charge in [0.2, 0.25) is 0 Å². The third kappa shape index (κ3) is 5.29. The molecular formula is C20H30Cl2N4O. The molecule has 1 aromatic carbocycles. The third-order valence-corrected chi connectivity index (χ3v) is 6.42. The largest absolute Gasteiger partial charge is 0.338 e. The van der Waals surface area contributed by atoms with Crippen LogP contribution in [-0.2, 0) is 0 Å². The Kier molecular flexibility index (Phi) is 7.65. The second kappa shape index (κ2) is 9.97. The Morgan fingerprint density at radius 3 is 2.81 bits per heavy atom. The van der Waals surface area contributed by atoms with Crippen LogP contribution >= 0.6 is 23.2 Å². The first-order valence-electron chi connectivity index (χ1n) is 9.98. The zero-order chi connectivity index (χ0) is 19.2. The van der Waals surface area contributed by atoms with Crippen molar-refractivity contribution >= 4 is 29.2 Å². The Morgan fingerprint density at radius 2 is 2.07 bits per heavy atom. The van der Waals surface area contributed by atoms with Gasteiger partial charge in [-0.05, 0) is 62.8 Å². The number of rotatable bonds is 7. The maximum Gasteiger partial charge on any atom is 0.318 e. The van der Waals surface area contributed by atoms with Crippen molar-refractivity contribution in [3.63, 3.8) is 0 Å². The highest BCUT2D eigenvalue weighted by molar-refractivity contribution is 6.42. The number of amides is 2. The lowest BCUT2D eigenvalue weighted by molar-refractivity contribution is 0.0283. The number of carbonyl (C=O) groups excluding carboxylic acids is 1. The summed E-state index contributed by atoms with van der Waals surface area (Å²) in [7, 11) is 1.98. The molecule has 5 nitrogen and oxygen atoms in total. The smallest absolute Gasteiger partial charge is 0.318 e. The summed E-state index contributed by atoms with van der Waals surface area (Å²) in [6, 6.07) is 6.03. The van der Waals surface area contributed by atoms with Gasteiger partial charge in [0.15, 0.2) is 0 Å². The number of benzene rings is 1. The predicted molar refractivity (Wildman–Crippen MR) is 112 cm³/mol. The standard InChI is InChI=1S/C20H30Cl2N4O/c1-23-14-16(15-6-7-17(21)18(22)13-15)8-12-25-10-3-2-5-19(25)26-11-4-9-24-20(26)27/h6-7,13,16,19,23H,2-5,8-12,14H2,1H3,(H,24,27)/t16?,19-/m0/s1. The molecule has 2 saturated heterocycles. The van der Waals surface area contributed by atoms with Crippen LogP contribution in [0.4, 0.5) is 4.79 Å². The number of piperidine rings is 1. The lowest BCUT2D eigenvalue weighted by Gasteiger charge is -2.44. The van der Waals surface area contributed by atoms with Gasteiger partial charge in [0.1, 0.15) is 0 Å². The van der Waals surface area contributed by atoms with E-state index in [4.69, 9.17) is 23.2 Å². The number of urea groups is 1. The van der Waals surface area contributed by atoms with Gasteiger partial charge in [-0.3, -0.25) is 4.90 Å². The summed E-state index contributed by atoms with van der Waals surface area (Å²) in [5.41, 5.74) is 1.21. The molecule has 0 bridgehead atoms. The summed E-state index contributed by atoms with van der Waals surface area (Å²) in [5, 5.41) is 7.50. The minimum absolute atomic E-state index is 0.0920. The quantitative estimate of drug-likeness (QED) is 0.713. The molecule has 2 N–H and O–H groups in total. The van der Waals surface area contributed by atoms with E-state index in [0.717, 1.165) is 52.0 Å². The maximum absolute atomic E-state index is 12.3. The number of likely N-dealkylation sites (tertiary alicyclic amines) is 1. The summed E-state index contributed by atoms with van der Waals surface area (Å²) in [5.74, 6) is 0.363. The van der Waals surface area contributed by atoms with Gasteiger partial charge in [-0.1, -0.05) is 29.3 Å². The Hall–Kier alpha value is -1.01. The summed E-state index contributed by atoms with van der Waals surface area (Å²) in [4.78, 5) is 16.9. The Balaban J connectivity index is 1.67. The van der Waals surface area contributed by atoms with Crippen LogP contribution in [0.5, 0.6) is 0 Å². The minimum atomic E-state index is 0.0920. The van der Waals surface area contributed by atoms with E-state index in [1.165, 1.54) is 18.4 Å². The lowest BCUT2D eigenvalue weighted by atomic mass is 9.94. The highest BCUT2D eigenvalue weighted by atomic mass is 35.5. The summed E-state index contributed by atoms with van der Waals surface area (Å²) in [6.07, 6.45) is 5.74. The molecule has 0 radical (unpaired) electrons. The number of nitrogens with one attached hydrogen (secondary N) is 2. The molecule has 0 aromatic heterocycles. The van der Waals surface area contributed by atoms with Crippen LogP contribution in [0.3, 0.4) is 0 Å². The van der Waals surface area contributed by atoms with Crippen LogP contribution in [0.2, 0.25) is 10.0 Å². The normalized spacial score (nSPS) is 22.6. The molecule has 150 valence electrons. The van der Waals surface area contributed by atoms with E-state index in [1.807, 2.05) is 24.1 Å². The SMILES string of the molecule is CNCC(CCN1CCCC[C@@H]1N1CCCNC1=O)c1ccc(Cl)c(Cl)c1. The molecule has 0 aliphatic carbocycles. The first kappa shape index (κ1) is 20.7. The Labute approximate surface area is 172 Å². The van der Waals surface area contributed by atoms with Crippen LogP contribution in [0.15, 0.2) is 18.2 Å². The van der Waals surface area contributed by atoms with Gasteiger partial charge in [0.25, 0.3) is 0 Å². The van der Waals surface area contributed by atoms with Crippen molar-refractivity contribution in [3.8, 4) is 0 Å². The minimum Gasteiger partial charge on any atom is -0.338 e. The average molecular weight is 413 g/mol. The van der Waals surface area contributed by atoms with E-state index in [-0.39, 0.29) is 12.2 Å². The third-order valence-electron chi connectivity index (χ3n) is 5.68. The molecule has 7 heteroatoms. The van der Waals surface area contributed by atoms with Gasteiger partial charge in [-0.25, -0.2) is 4.79 Å². The number of hydrogen-bond donors (Lipinski definition) is 2. The fourth-order valence-corrected chi connectivity index (χ4v) is 4.55. The van der Waals surface area contributed by atoms with Crippen molar-refractivity contribution in [2.75, 3.05) is 39.8 Å². The van der Waals surface area contributed by atoms with Gasteiger partial charge < -0.3 is 15.5 Å². The van der Waals surface area contributed by atoms with Crippen molar-refractivity contribution in [1.82, 2.24) is 20.4 Å². The maximum atomic E-state index is 12.3. The number of hydrogen-bond acceptors (Lipinski definition) is 3. The fourth-order valence-electron chi connectivity index (χ4n) is 4.24. The zero-order valence-electron chi connectivity index (χ0n) is 16.0. The highest BCUT2D eigenvalue weighted by Gasteiger charge is 2.32. The molecule has 1 unspecified atom stereocenters. The van der Waals surface area contributed by atoms with Crippen LogP contribution in [0.1, 0.15) is 43.6 Å². The molecule has 2 aliphatic rings. The highest BCUT2D eigenvalue weighted by Crippen LogP contribution is 2.29.